The molecule has 0 aliphatic carbocycles. The lowest BCUT2D eigenvalue weighted by Crippen LogP contribution is -2.48. The van der Waals surface area contributed by atoms with Crippen molar-refractivity contribution >= 4 is 52.2 Å². The Kier molecular flexibility index (Phi) is 9.57. The van der Waals surface area contributed by atoms with Gasteiger partial charge in [0.1, 0.15) is 6.04 Å². The van der Waals surface area contributed by atoms with Crippen LogP contribution < -0.4 is 20.2 Å². The highest BCUT2D eigenvalue weighted by Gasteiger charge is 2.24. The number of nitrogens with zero attached hydrogens (tertiary/aromatic N) is 1. The van der Waals surface area contributed by atoms with Crippen molar-refractivity contribution in [2.45, 2.75) is 26.8 Å². The van der Waals surface area contributed by atoms with Gasteiger partial charge < -0.3 is 14.8 Å². The lowest BCUT2D eigenvalue weighted by molar-refractivity contribution is -0.123. The topological polar surface area (TPSA) is 89.0 Å². The summed E-state index contributed by atoms with van der Waals surface area (Å²) in [5.74, 6) is 0.327. The van der Waals surface area contributed by atoms with Crippen molar-refractivity contribution in [2.75, 3.05) is 13.7 Å². The van der Waals surface area contributed by atoms with E-state index in [1.54, 1.807) is 37.4 Å². The van der Waals surface area contributed by atoms with Crippen LogP contribution in [0.15, 0.2) is 41.5 Å². The zero-order valence-corrected chi connectivity index (χ0v) is 20.7. The van der Waals surface area contributed by atoms with Gasteiger partial charge in [0.15, 0.2) is 11.5 Å². The van der Waals surface area contributed by atoms with E-state index >= 15 is 0 Å². The molecule has 7 nitrogen and oxygen atoms in total. The first-order chi connectivity index (χ1) is 14.8. The van der Waals surface area contributed by atoms with Crippen LogP contribution in [-0.4, -0.2) is 37.8 Å². The number of carbonyl (C=O) groups is 2. The molecule has 1 atom stereocenters. The minimum absolute atomic E-state index is 0.141. The highest BCUT2D eigenvalue weighted by Crippen LogP contribution is 2.33. The van der Waals surface area contributed by atoms with Crippen LogP contribution in [0.1, 0.15) is 36.7 Å². The van der Waals surface area contributed by atoms with Crippen LogP contribution in [0.2, 0.25) is 5.02 Å². The Morgan fingerprint density at radius 1 is 1.23 bits per heavy atom. The third-order valence-electron chi connectivity index (χ3n) is 4.27. The quantitative estimate of drug-likeness (QED) is 0.274. The van der Waals surface area contributed by atoms with E-state index in [0.717, 1.165) is 9.13 Å². The fraction of sp³-hybridized carbons (Fsp3) is 0.318. The number of nitrogens with one attached hydrogen (secondary N) is 2. The molecule has 0 heterocycles. The number of amides is 2. The van der Waals surface area contributed by atoms with Gasteiger partial charge in [-0.1, -0.05) is 25.4 Å². The Labute approximate surface area is 200 Å². The predicted octanol–water partition coefficient (Wildman–Crippen LogP) is 4.26. The minimum atomic E-state index is -0.754. The van der Waals surface area contributed by atoms with Crippen LogP contribution in [0.3, 0.4) is 0 Å². The molecular formula is C22H25ClIN3O4. The first kappa shape index (κ1) is 24.9. The number of methoxy groups -OCH3 is 1. The van der Waals surface area contributed by atoms with Gasteiger partial charge in [-0.2, -0.15) is 5.10 Å². The van der Waals surface area contributed by atoms with Gasteiger partial charge in [-0.25, -0.2) is 5.43 Å². The third kappa shape index (κ3) is 7.10. The molecular weight excluding hydrogens is 533 g/mol. The smallest absolute Gasteiger partial charge is 0.262 e. The fourth-order valence-corrected chi connectivity index (χ4v) is 3.61. The van der Waals surface area contributed by atoms with Crippen molar-refractivity contribution in [3.05, 3.63) is 56.1 Å². The van der Waals surface area contributed by atoms with Crippen molar-refractivity contribution < 1.29 is 19.1 Å². The predicted molar refractivity (Wildman–Crippen MR) is 130 cm³/mol. The maximum Gasteiger partial charge on any atom is 0.262 e. The lowest BCUT2D eigenvalue weighted by Gasteiger charge is -2.20. The van der Waals surface area contributed by atoms with Crippen molar-refractivity contribution in [2.24, 2.45) is 11.0 Å². The maximum absolute atomic E-state index is 12.6. The van der Waals surface area contributed by atoms with Crippen molar-refractivity contribution in [3.63, 3.8) is 0 Å². The van der Waals surface area contributed by atoms with Gasteiger partial charge in [-0.15, -0.1) is 0 Å². The zero-order chi connectivity index (χ0) is 23.0. The van der Waals surface area contributed by atoms with Crippen LogP contribution in [0.5, 0.6) is 11.5 Å². The van der Waals surface area contributed by atoms with E-state index in [0.29, 0.717) is 28.7 Å². The van der Waals surface area contributed by atoms with E-state index < -0.39 is 11.9 Å². The van der Waals surface area contributed by atoms with E-state index in [2.05, 4.69) is 38.4 Å². The molecule has 1 unspecified atom stereocenters. The van der Waals surface area contributed by atoms with Gasteiger partial charge in [-0.3, -0.25) is 9.59 Å². The van der Waals surface area contributed by atoms with Gasteiger partial charge in [-0.05, 0) is 77.4 Å². The summed E-state index contributed by atoms with van der Waals surface area (Å²) in [6, 6.07) is 9.33. The summed E-state index contributed by atoms with van der Waals surface area (Å²) < 4.78 is 11.8. The van der Waals surface area contributed by atoms with E-state index in [9.17, 15) is 9.59 Å². The average molecular weight is 558 g/mol. The second-order valence-electron chi connectivity index (χ2n) is 6.90. The molecule has 0 aliphatic heterocycles. The molecule has 2 aromatic rings. The molecule has 2 N–H and O–H groups in total. The Morgan fingerprint density at radius 2 is 1.90 bits per heavy atom. The summed E-state index contributed by atoms with van der Waals surface area (Å²) in [4.78, 5) is 25.1. The van der Waals surface area contributed by atoms with Crippen LogP contribution >= 0.6 is 34.2 Å². The van der Waals surface area contributed by atoms with Gasteiger partial charge >= 0.3 is 0 Å². The van der Waals surface area contributed by atoms with E-state index in [1.165, 1.54) is 6.21 Å². The Hall–Kier alpha value is -2.33. The molecule has 9 heteroatoms. The highest BCUT2D eigenvalue weighted by molar-refractivity contribution is 14.1. The Bertz CT molecular complexity index is 949. The Morgan fingerprint density at radius 3 is 2.48 bits per heavy atom. The second kappa shape index (κ2) is 11.9. The molecule has 0 fully saturated rings. The molecule has 31 heavy (non-hydrogen) atoms. The molecule has 0 radical (unpaired) electrons. The lowest BCUT2D eigenvalue weighted by atomic mass is 10.0. The summed E-state index contributed by atoms with van der Waals surface area (Å²) >= 11 is 8.01. The number of rotatable bonds is 9. The summed E-state index contributed by atoms with van der Waals surface area (Å²) in [5, 5.41) is 7.31. The van der Waals surface area contributed by atoms with Gasteiger partial charge in [0.25, 0.3) is 11.8 Å². The maximum atomic E-state index is 12.6. The fourth-order valence-electron chi connectivity index (χ4n) is 2.70. The van der Waals surface area contributed by atoms with Gasteiger partial charge in [0.2, 0.25) is 0 Å². The Balaban J connectivity index is 2.07. The molecule has 2 aromatic carbocycles. The largest absolute Gasteiger partial charge is 0.493 e. The number of halogens is 2. The first-order valence-corrected chi connectivity index (χ1v) is 11.1. The zero-order valence-electron chi connectivity index (χ0n) is 17.7. The molecule has 0 spiro atoms. The molecule has 0 saturated carbocycles. The SMILES string of the molecule is CCOc1c(I)cc(/C=N\NC(=O)C(NC(=O)c2ccc(Cl)cc2)C(C)C)cc1OC. The standard InChI is InChI=1S/C22H25ClIN3O4/c1-5-31-20-17(24)10-14(11-18(20)30-4)12-25-27-22(29)19(13(2)3)26-21(28)15-6-8-16(23)9-7-15/h6-13,19H,5H2,1-4H3,(H,26,28)(H,27,29)/b25-12-. The third-order valence-corrected chi connectivity index (χ3v) is 5.32. The molecule has 0 saturated heterocycles. The van der Waals surface area contributed by atoms with E-state index in [4.69, 9.17) is 21.1 Å². The molecule has 2 rings (SSSR count). The number of ether oxygens (including phenoxy) is 2. The van der Waals surface area contributed by atoms with E-state index in [1.807, 2.05) is 26.8 Å². The number of carbonyl (C=O) groups excluding carboxylic acids is 2. The normalized spacial score (nSPS) is 12.0. The molecule has 2 amide bonds. The van der Waals surface area contributed by atoms with Crippen molar-refractivity contribution in [1.82, 2.24) is 10.7 Å². The number of hydrogen-bond acceptors (Lipinski definition) is 5. The number of hydrazone groups is 1. The first-order valence-electron chi connectivity index (χ1n) is 9.66. The average Bonchev–Trinajstić information content (AvgIpc) is 2.73. The highest BCUT2D eigenvalue weighted by atomic mass is 127. The molecule has 0 bridgehead atoms. The molecule has 166 valence electrons. The van der Waals surface area contributed by atoms with Crippen LogP contribution in [-0.2, 0) is 4.79 Å². The number of hydrogen-bond donors (Lipinski definition) is 2. The molecule has 0 aliphatic rings. The van der Waals surface area contributed by atoms with Crippen LogP contribution in [0, 0.1) is 9.49 Å². The monoisotopic (exact) mass is 557 g/mol. The number of benzene rings is 2. The van der Waals surface area contributed by atoms with Crippen molar-refractivity contribution in [3.8, 4) is 11.5 Å². The van der Waals surface area contributed by atoms with Crippen LogP contribution in [0.4, 0.5) is 0 Å². The van der Waals surface area contributed by atoms with Crippen LogP contribution in [0.25, 0.3) is 0 Å². The minimum Gasteiger partial charge on any atom is -0.493 e. The van der Waals surface area contributed by atoms with E-state index in [-0.39, 0.29) is 11.8 Å². The molecule has 0 aromatic heterocycles. The second-order valence-corrected chi connectivity index (χ2v) is 8.50. The van der Waals surface area contributed by atoms with Gasteiger partial charge in [0.05, 0.1) is 23.5 Å². The van der Waals surface area contributed by atoms with Crippen molar-refractivity contribution in [1.29, 1.82) is 0 Å². The van der Waals surface area contributed by atoms with Gasteiger partial charge in [0, 0.05) is 10.6 Å². The summed E-state index contributed by atoms with van der Waals surface area (Å²) in [5.41, 5.74) is 3.65. The summed E-state index contributed by atoms with van der Waals surface area (Å²) in [6.45, 7) is 6.11. The summed E-state index contributed by atoms with van der Waals surface area (Å²) in [7, 11) is 1.56. The summed E-state index contributed by atoms with van der Waals surface area (Å²) in [6.07, 6.45) is 1.51.